The summed E-state index contributed by atoms with van der Waals surface area (Å²) in [5, 5.41) is 2.51. The molecule has 4 aliphatic rings. The van der Waals surface area contributed by atoms with Gasteiger partial charge in [-0.25, -0.2) is 0 Å². The normalized spacial score (nSPS) is 15.1. The van der Waals surface area contributed by atoms with Crippen LogP contribution in [-0.2, 0) is 5.41 Å². The van der Waals surface area contributed by atoms with Crippen LogP contribution in [0.3, 0.4) is 0 Å². The molecule has 3 nitrogen and oxygen atoms in total. The first-order chi connectivity index (χ1) is 26.3. The fourth-order valence-corrected chi connectivity index (χ4v) is 10.6. The van der Waals surface area contributed by atoms with E-state index in [1.54, 1.807) is 0 Å². The average Bonchev–Trinajstić information content (AvgIpc) is 3.85. The summed E-state index contributed by atoms with van der Waals surface area (Å²) in [6.07, 6.45) is 8.87. The molecule has 0 amide bonds. The van der Waals surface area contributed by atoms with Gasteiger partial charge in [-0.2, -0.15) is 0 Å². The highest BCUT2D eigenvalue weighted by Gasteiger charge is 2.53. The number of ether oxygens (including phenoxy) is 2. The van der Waals surface area contributed by atoms with Crippen LogP contribution >= 0.6 is 11.3 Å². The maximum absolute atomic E-state index is 7.13. The minimum atomic E-state index is -0.446. The fourth-order valence-electron chi connectivity index (χ4n) is 9.51. The lowest BCUT2D eigenvalue weighted by molar-refractivity contribution is 0.361. The number of rotatable bonds is 3. The topological polar surface area (TPSA) is 21.7 Å². The molecule has 7 aromatic carbocycles. The molecule has 0 atom stereocenters. The highest BCUT2D eigenvalue weighted by atomic mass is 32.1. The minimum absolute atomic E-state index is 0.446. The van der Waals surface area contributed by atoms with E-state index in [-0.39, 0.29) is 0 Å². The third kappa shape index (κ3) is 3.83. The van der Waals surface area contributed by atoms with Crippen LogP contribution in [0.1, 0.15) is 35.1 Å². The zero-order chi connectivity index (χ0) is 34.7. The Bertz CT molecular complexity index is 2880. The predicted octanol–water partition coefficient (Wildman–Crippen LogP) is 13.7. The Kier molecular flexibility index (Phi) is 5.98. The summed E-state index contributed by atoms with van der Waals surface area (Å²) < 4.78 is 16.8. The van der Waals surface area contributed by atoms with Crippen molar-refractivity contribution in [1.82, 2.24) is 0 Å². The molecular weight excluding hydrogens is 667 g/mol. The Labute approximate surface area is 311 Å². The largest absolute Gasteiger partial charge is 0.449 e. The van der Waals surface area contributed by atoms with Gasteiger partial charge in [-0.05, 0) is 94.3 Å². The Morgan fingerprint density at radius 3 is 1.94 bits per heavy atom. The summed E-state index contributed by atoms with van der Waals surface area (Å²) in [6.45, 7) is 0. The molecule has 1 spiro atoms. The number of fused-ring (bicyclic) bond motifs is 16. The maximum Gasteiger partial charge on any atom is 0.194 e. The lowest BCUT2D eigenvalue weighted by Crippen LogP contribution is -2.25. The summed E-state index contributed by atoms with van der Waals surface area (Å²) in [4.78, 5) is 2.37. The molecule has 2 heterocycles. The van der Waals surface area contributed by atoms with Crippen LogP contribution in [0, 0.1) is 0 Å². The minimum Gasteiger partial charge on any atom is -0.449 e. The molecule has 250 valence electrons. The molecule has 0 radical (unpaired) electrons. The first-order valence-electron chi connectivity index (χ1n) is 18.3. The van der Waals surface area contributed by atoms with Crippen LogP contribution in [0.25, 0.3) is 42.4 Å². The van der Waals surface area contributed by atoms with Gasteiger partial charge in [-0.15, -0.1) is 11.3 Å². The zero-order valence-electron chi connectivity index (χ0n) is 28.7. The van der Waals surface area contributed by atoms with Crippen molar-refractivity contribution in [1.29, 1.82) is 0 Å². The molecule has 1 aliphatic heterocycles. The van der Waals surface area contributed by atoms with Crippen molar-refractivity contribution in [3.8, 4) is 45.3 Å². The molecule has 0 saturated carbocycles. The average molecular weight is 698 g/mol. The van der Waals surface area contributed by atoms with E-state index >= 15 is 0 Å². The maximum atomic E-state index is 7.13. The van der Waals surface area contributed by atoms with Crippen LogP contribution in [-0.4, -0.2) is 0 Å². The third-order valence-corrected chi connectivity index (χ3v) is 12.7. The molecule has 12 rings (SSSR count). The summed E-state index contributed by atoms with van der Waals surface area (Å²) >= 11 is 1.84. The molecule has 8 aromatic rings. The summed E-state index contributed by atoms with van der Waals surface area (Å²) in [7, 11) is 0. The van der Waals surface area contributed by atoms with Crippen LogP contribution < -0.4 is 14.4 Å². The van der Waals surface area contributed by atoms with E-state index in [4.69, 9.17) is 9.47 Å². The standard InChI is InChI=1S/C49H31NO2S/c1-2-14-30(15-3-1)50(39-23-13-27-44-46(39)34-19-7-11-26-43(34)53-44)40-24-12-25-41-47(40)51-42-29-28-38-45(48(42)52-41)33-18-6-10-22-37(33)49(38)35-20-8-4-16-31(35)32-17-5-9-21-36(32)49/h2,4-29H,1,3H2. The van der Waals surface area contributed by atoms with Gasteiger partial charge in [0.2, 0.25) is 0 Å². The van der Waals surface area contributed by atoms with Crippen LogP contribution in [0.5, 0.6) is 23.0 Å². The second kappa shape index (κ2) is 10.8. The van der Waals surface area contributed by atoms with Crippen molar-refractivity contribution in [2.75, 3.05) is 4.90 Å². The molecule has 3 aliphatic carbocycles. The Balaban J connectivity index is 1.07. The molecule has 0 saturated heterocycles. The number of thiophene rings is 1. The highest BCUT2D eigenvalue weighted by molar-refractivity contribution is 7.26. The molecule has 53 heavy (non-hydrogen) atoms. The van der Waals surface area contributed by atoms with Gasteiger partial charge < -0.3 is 14.4 Å². The van der Waals surface area contributed by atoms with E-state index in [1.165, 1.54) is 59.1 Å². The van der Waals surface area contributed by atoms with Gasteiger partial charge in [-0.3, -0.25) is 0 Å². The van der Waals surface area contributed by atoms with Gasteiger partial charge in [-0.1, -0.05) is 121 Å². The first kappa shape index (κ1) is 29.2. The molecule has 1 aromatic heterocycles. The van der Waals surface area contributed by atoms with Crippen LogP contribution in [0.2, 0.25) is 0 Å². The van der Waals surface area contributed by atoms with Crippen LogP contribution in [0.15, 0.2) is 170 Å². The van der Waals surface area contributed by atoms with Gasteiger partial charge in [0.25, 0.3) is 0 Å². The smallest absolute Gasteiger partial charge is 0.194 e. The van der Waals surface area contributed by atoms with Gasteiger partial charge >= 0.3 is 0 Å². The molecule has 0 N–H and O–H groups in total. The monoisotopic (exact) mass is 697 g/mol. The summed E-state index contributed by atoms with van der Waals surface area (Å²) in [5.41, 5.74) is 12.8. The number of allylic oxidation sites excluding steroid dienone is 3. The predicted molar refractivity (Wildman–Crippen MR) is 217 cm³/mol. The van der Waals surface area contributed by atoms with Crippen molar-refractivity contribution in [3.05, 3.63) is 192 Å². The van der Waals surface area contributed by atoms with Gasteiger partial charge in [0.1, 0.15) is 0 Å². The van der Waals surface area contributed by atoms with Gasteiger partial charge in [0, 0.05) is 31.4 Å². The fraction of sp³-hybridized carbons (Fsp3) is 0.0612. The highest BCUT2D eigenvalue weighted by Crippen LogP contribution is 2.66. The lowest BCUT2D eigenvalue weighted by atomic mass is 9.70. The van der Waals surface area contributed by atoms with Crippen molar-refractivity contribution in [2.45, 2.75) is 18.3 Å². The van der Waals surface area contributed by atoms with Crippen molar-refractivity contribution in [3.63, 3.8) is 0 Å². The van der Waals surface area contributed by atoms with Gasteiger partial charge in [0.05, 0.1) is 16.8 Å². The van der Waals surface area contributed by atoms with E-state index in [9.17, 15) is 0 Å². The molecule has 4 heteroatoms. The quantitative estimate of drug-likeness (QED) is 0.183. The second-order valence-corrected chi connectivity index (χ2v) is 15.3. The van der Waals surface area contributed by atoms with E-state index in [2.05, 4.69) is 163 Å². The summed E-state index contributed by atoms with van der Waals surface area (Å²) in [6, 6.07) is 52.7. The number of benzene rings is 7. The van der Waals surface area contributed by atoms with Crippen molar-refractivity contribution in [2.24, 2.45) is 0 Å². The summed E-state index contributed by atoms with van der Waals surface area (Å²) in [5.74, 6) is 2.92. The van der Waals surface area contributed by atoms with Crippen molar-refractivity contribution < 1.29 is 9.47 Å². The second-order valence-electron chi connectivity index (χ2n) is 14.2. The molecule has 0 fully saturated rings. The number of para-hydroxylation sites is 1. The Morgan fingerprint density at radius 1 is 0.509 bits per heavy atom. The number of nitrogens with zero attached hydrogens (tertiary/aromatic N) is 1. The molecule has 0 bridgehead atoms. The van der Waals surface area contributed by atoms with Crippen molar-refractivity contribution >= 4 is 42.9 Å². The lowest BCUT2D eigenvalue weighted by Gasteiger charge is -2.33. The third-order valence-electron chi connectivity index (χ3n) is 11.6. The van der Waals surface area contributed by atoms with E-state index < -0.39 is 5.41 Å². The SMILES string of the molecule is C1=CC(N(c2cccc3c2Oc2ccc4c(c2O3)-c2ccccc2C42c3ccccc3-c3ccccc32)c2cccc3sc4ccccc4c23)=CCC1. The number of hydrogen-bond acceptors (Lipinski definition) is 4. The van der Waals surface area contributed by atoms with Crippen LogP contribution in [0.4, 0.5) is 11.4 Å². The first-order valence-corrected chi connectivity index (χ1v) is 19.1. The van der Waals surface area contributed by atoms with Gasteiger partial charge in [0.15, 0.2) is 23.0 Å². The molecule has 0 unspecified atom stereocenters. The van der Waals surface area contributed by atoms with E-state index in [0.717, 1.165) is 47.0 Å². The zero-order valence-corrected chi connectivity index (χ0v) is 29.5. The van der Waals surface area contributed by atoms with E-state index in [0.29, 0.717) is 11.5 Å². The Morgan fingerprint density at radius 2 is 1.15 bits per heavy atom. The molecular formula is C49H31NO2S. The Hall–Kier alpha value is -6.36. The number of anilines is 2. The number of hydrogen-bond donors (Lipinski definition) is 0. The van der Waals surface area contributed by atoms with E-state index in [1.807, 2.05) is 17.4 Å².